The highest BCUT2D eigenvalue weighted by Gasteiger charge is 2.57. The Balaban J connectivity index is 0.000000821. The number of rotatable bonds is 5. The number of nitrogens with zero attached hydrogens (tertiary/aromatic N) is 5. The van der Waals surface area contributed by atoms with Crippen LogP contribution in [0.1, 0.15) is 19.3 Å². The summed E-state index contributed by atoms with van der Waals surface area (Å²) in [6.07, 6.45) is 4.53. The number of hydrogen-bond acceptors (Lipinski definition) is 7. The van der Waals surface area contributed by atoms with Gasteiger partial charge in [0.05, 0.1) is 17.5 Å². The number of hydrogen-bond donors (Lipinski definition) is 3. The molecule has 0 unspecified atom stereocenters. The molecule has 1 saturated carbocycles. The van der Waals surface area contributed by atoms with Crippen LogP contribution in [-0.2, 0) is 15.0 Å². The number of H-pyrrole nitrogens is 1. The van der Waals surface area contributed by atoms with Crippen molar-refractivity contribution in [2.75, 3.05) is 44.7 Å². The van der Waals surface area contributed by atoms with Gasteiger partial charge in [-0.05, 0) is 18.9 Å². The lowest BCUT2D eigenvalue weighted by molar-refractivity contribution is -0.122. The van der Waals surface area contributed by atoms with Crippen LogP contribution in [-0.4, -0.2) is 101 Å². The van der Waals surface area contributed by atoms with Crippen molar-refractivity contribution >= 4 is 33.5 Å². The molecule has 2 saturated heterocycles. The molecule has 14 heteroatoms. The van der Waals surface area contributed by atoms with Gasteiger partial charge in [0.25, 0.3) is 22.6 Å². The van der Waals surface area contributed by atoms with Crippen molar-refractivity contribution in [2.45, 2.75) is 36.8 Å². The van der Waals surface area contributed by atoms with Gasteiger partial charge in [-0.15, -0.1) is 0 Å². The zero-order chi connectivity index (χ0) is 23.9. The van der Waals surface area contributed by atoms with E-state index in [1.54, 1.807) is 4.31 Å². The average molecular weight is 488 g/mol. The maximum absolute atomic E-state index is 13.5. The summed E-state index contributed by atoms with van der Waals surface area (Å²) in [6, 6.07) is 1.38. The molecule has 0 aromatic carbocycles. The second-order valence-electron chi connectivity index (χ2n) is 8.69. The van der Waals surface area contributed by atoms with Crippen molar-refractivity contribution in [2.24, 2.45) is 0 Å². The molecule has 4 heterocycles. The topological polar surface area (TPSA) is 135 Å². The molecule has 0 radical (unpaired) electrons. The van der Waals surface area contributed by atoms with Crippen LogP contribution in [0.3, 0.4) is 0 Å². The molecular formula is C19H27F2N7O4S. The highest BCUT2D eigenvalue weighted by atomic mass is 32.2. The van der Waals surface area contributed by atoms with Gasteiger partial charge < -0.3 is 20.3 Å². The lowest BCUT2D eigenvalue weighted by Gasteiger charge is -2.43. The molecule has 3 N–H and O–H groups in total. The summed E-state index contributed by atoms with van der Waals surface area (Å²) in [6.45, 7) is 0.768. The number of fused-ring (bicyclic) bond motifs is 1. The Kier molecular flexibility index (Phi) is 6.28. The van der Waals surface area contributed by atoms with E-state index in [0.717, 1.165) is 29.7 Å². The molecule has 2 aromatic rings. The zero-order valence-electron chi connectivity index (χ0n) is 18.1. The molecular weight excluding hydrogens is 460 g/mol. The summed E-state index contributed by atoms with van der Waals surface area (Å²) in [7, 11) is -2.28. The molecule has 33 heavy (non-hydrogen) atoms. The predicted octanol–water partition coefficient (Wildman–Crippen LogP) is 0.487. The first kappa shape index (κ1) is 23.7. The van der Waals surface area contributed by atoms with E-state index in [-0.39, 0.29) is 19.4 Å². The number of carbonyl (C=O) groups is 1. The van der Waals surface area contributed by atoms with E-state index < -0.39 is 34.3 Å². The number of aromatic nitrogens is 3. The van der Waals surface area contributed by atoms with Crippen LogP contribution >= 0.6 is 0 Å². The van der Waals surface area contributed by atoms with Crippen molar-refractivity contribution < 1.29 is 27.1 Å². The molecule has 0 bridgehead atoms. The third-order valence-electron chi connectivity index (χ3n) is 6.39. The van der Waals surface area contributed by atoms with Crippen LogP contribution in [0.5, 0.6) is 0 Å². The summed E-state index contributed by atoms with van der Waals surface area (Å²) >= 11 is 0. The van der Waals surface area contributed by atoms with Crippen LogP contribution < -0.4 is 10.2 Å². The quantitative estimate of drug-likeness (QED) is 0.519. The largest absolute Gasteiger partial charge is 0.483 e. The second-order valence-corrected chi connectivity index (χ2v) is 10.6. The average Bonchev–Trinajstić information content (AvgIpc) is 3.18. The first-order valence-electron chi connectivity index (χ1n) is 10.6. The minimum atomic E-state index is -3.75. The van der Waals surface area contributed by atoms with Gasteiger partial charge in [-0.3, -0.25) is 4.79 Å². The predicted molar refractivity (Wildman–Crippen MR) is 116 cm³/mol. The molecule has 11 nitrogen and oxygen atoms in total. The van der Waals surface area contributed by atoms with Gasteiger partial charge in [0.15, 0.2) is 0 Å². The summed E-state index contributed by atoms with van der Waals surface area (Å²) in [5.74, 6) is -1.98. The number of piperazine rings is 1. The fourth-order valence-electron chi connectivity index (χ4n) is 4.67. The molecule has 182 valence electrons. The smallest absolute Gasteiger partial charge is 0.290 e. The Morgan fingerprint density at radius 3 is 2.70 bits per heavy atom. The summed E-state index contributed by atoms with van der Waals surface area (Å²) in [5, 5.41) is 10.5. The normalized spacial score (nSPS) is 24.1. The Morgan fingerprint density at radius 2 is 2.06 bits per heavy atom. The van der Waals surface area contributed by atoms with E-state index in [1.807, 2.05) is 12.3 Å². The van der Waals surface area contributed by atoms with Gasteiger partial charge >= 0.3 is 0 Å². The maximum Gasteiger partial charge on any atom is 0.290 e. The van der Waals surface area contributed by atoms with E-state index in [9.17, 15) is 17.2 Å². The molecule has 1 aliphatic carbocycles. The minimum Gasteiger partial charge on any atom is -0.483 e. The highest BCUT2D eigenvalue weighted by Crippen LogP contribution is 2.47. The SMILES string of the molecule is CN(C[C@@H]1CC(F)(F)CN1)S(=O)(=O)N1CCN(c2ncnc3[nH]ccc23)CC12CC2.O=CO. The van der Waals surface area contributed by atoms with Crippen LogP contribution in [0.25, 0.3) is 11.0 Å². The van der Waals surface area contributed by atoms with Crippen molar-refractivity contribution in [3.63, 3.8) is 0 Å². The van der Waals surface area contributed by atoms with Crippen LogP contribution in [0.2, 0.25) is 0 Å². The maximum atomic E-state index is 13.5. The Labute approximate surface area is 190 Å². The fourth-order valence-corrected chi connectivity index (χ4v) is 6.41. The molecule has 1 atom stereocenters. The zero-order valence-corrected chi connectivity index (χ0v) is 18.9. The highest BCUT2D eigenvalue weighted by molar-refractivity contribution is 7.86. The third kappa shape index (κ3) is 4.65. The number of halogens is 2. The van der Waals surface area contributed by atoms with E-state index in [2.05, 4.69) is 25.2 Å². The lowest BCUT2D eigenvalue weighted by atomic mass is 10.2. The molecule has 3 fully saturated rings. The van der Waals surface area contributed by atoms with E-state index in [4.69, 9.17) is 9.90 Å². The first-order valence-corrected chi connectivity index (χ1v) is 12.0. The molecule has 1 spiro atoms. The Morgan fingerprint density at radius 1 is 1.33 bits per heavy atom. The number of aromatic amines is 1. The van der Waals surface area contributed by atoms with Crippen molar-refractivity contribution in [3.05, 3.63) is 18.6 Å². The molecule has 2 aliphatic heterocycles. The molecule has 5 rings (SSSR count). The standard InChI is InChI=1S/C18H25F2N7O2S.CH2O2/c1-25(9-13-8-18(19,20)10-22-13)30(28,29)27-7-6-26(11-17(27)3-4-17)16-14-2-5-21-15(14)23-12-24-16;2-1-3/h2,5,12-13,22H,3-4,6-11H2,1H3,(H,21,23,24);1H,(H,2,3)/t13-;/m0./s1. The van der Waals surface area contributed by atoms with Crippen molar-refractivity contribution in [1.29, 1.82) is 0 Å². The van der Waals surface area contributed by atoms with Gasteiger partial charge in [-0.1, -0.05) is 0 Å². The lowest BCUT2D eigenvalue weighted by Crippen LogP contribution is -2.60. The van der Waals surface area contributed by atoms with E-state index in [1.165, 1.54) is 17.7 Å². The van der Waals surface area contributed by atoms with Gasteiger partial charge in [0, 0.05) is 51.9 Å². The number of likely N-dealkylation sites (N-methyl/N-ethyl adjacent to an activating group) is 1. The first-order chi connectivity index (χ1) is 15.6. The van der Waals surface area contributed by atoms with Gasteiger partial charge in [-0.2, -0.15) is 17.0 Å². The van der Waals surface area contributed by atoms with Gasteiger partial charge in [-0.25, -0.2) is 18.7 Å². The van der Waals surface area contributed by atoms with Gasteiger partial charge in [0.2, 0.25) is 0 Å². The van der Waals surface area contributed by atoms with E-state index in [0.29, 0.717) is 19.6 Å². The van der Waals surface area contributed by atoms with Gasteiger partial charge in [0.1, 0.15) is 17.8 Å². The van der Waals surface area contributed by atoms with Crippen LogP contribution in [0.15, 0.2) is 18.6 Å². The summed E-state index contributed by atoms with van der Waals surface area (Å²) in [4.78, 5) is 22.2. The number of anilines is 1. The second kappa shape index (κ2) is 8.74. The summed E-state index contributed by atoms with van der Waals surface area (Å²) in [5.41, 5.74) is 0.284. The minimum absolute atomic E-state index is 0.0318. The number of nitrogens with one attached hydrogen (secondary N) is 2. The third-order valence-corrected chi connectivity index (χ3v) is 8.45. The number of alkyl halides is 2. The monoisotopic (exact) mass is 487 g/mol. The number of carboxylic acid groups (broad SMARTS) is 1. The van der Waals surface area contributed by atoms with E-state index >= 15 is 0 Å². The Hall–Kier alpha value is -2.42. The molecule has 3 aliphatic rings. The molecule has 0 amide bonds. The van der Waals surface area contributed by atoms with Crippen molar-refractivity contribution in [3.8, 4) is 0 Å². The molecule has 2 aromatic heterocycles. The van der Waals surface area contributed by atoms with Crippen LogP contribution in [0, 0.1) is 0 Å². The fraction of sp³-hybridized carbons (Fsp3) is 0.632. The Bertz CT molecular complexity index is 1110. The van der Waals surface area contributed by atoms with Crippen LogP contribution in [0.4, 0.5) is 14.6 Å². The van der Waals surface area contributed by atoms with Crippen molar-refractivity contribution in [1.82, 2.24) is 28.9 Å². The summed E-state index contributed by atoms with van der Waals surface area (Å²) < 4.78 is 56.3.